The number of hydrogen-bond acceptors (Lipinski definition) is 6. The number of barbiturate groups is 1. The number of benzene rings is 2. The fourth-order valence-electron chi connectivity index (χ4n) is 2.73. The molecule has 0 bridgehead atoms. The largest absolute Gasteiger partial charge is 0.497 e. The molecule has 0 spiro atoms. The van der Waals surface area contributed by atoms with Gasteiger partial charge in [0.15, 0.2) is 5.92 Å². The Kier molecular flexibility index (Phi) is 4.80. The molecule has 0 saturated carbocycles. The van der Waals surface area contributed by atoms with E-state index in [1.54, 1.807) is 48.5 Å². The molecule has 27 heavy (non-hydrogen) atoms. The number of nitrogens with two attached hydrogens (primary N) is 1. The Hall–Kier alpha value is -3.81. The Labute approximate surface area is 155 Å². The standard InChI is InChI=1S/C19H18N4O4/c1-11(21-13-5-3-4-12(20)10-13)16-17(24)22-19(26)23(18(16)25)14-6-8-15(27-2)9-7-14/h3-10,16,21H,1,20H2,2H3,(H,22,24,26)/t16-/m1/s1. The Morgan fingerprint density at radius 2 is 1.89 bits per heavy atom. The molecule has 1 fully saturated rings. The van der Waals surface area contributed by atoms with Crippen LogP contribution in [0.5, 0.6) is 5.75 Å². The smallest absolute Gasteiger partial charge is 0.335 e. The van der Waals surface area contributed by atoms with Gasteiger partial charge in [-0.25, -0.2) is 9.69 Å². The van der Waals surface area contributed by atoms with Crippen LogP contribution in [0.15, 0.2) is 60.8 Å². The van der Waals surface area contributed by atoms with Crippen molar-refractivity contribution >= 4 is 34.9 Å². The second-order valence-electron chi connectivity index (χ2n) is 5.87. The van der Waals surface area contributed by atoms with Gasteiger partial charge >= 0.3 is 6.03 Å². The van der Waals surface area contributed by atoms with Gasteiger partial charge in [0.05, 0.1) is 12.8 Å². The highest BCUT2D eigenvalue weighted by molar-refractivity contribution is 6.28. The highest BCUT2D eigenvalue weighted by Crippen LogP contribution is 2.26. The summed E-state index contributed by atoms with van der Waals surface area (Å²) in [7, 11) is 1.51. The first kappa shape index (κ1) is 18.0. The van der Waals surface area contributed by atoms with Crippen LogP contribution in [-0.4, -0.2) is 25.0 Å². The van der Waals surface area contributed by atoms with Crippen LogP contribution in [-0.2, 0) is 9.59 Å². The molecule has 8 heteroatoms. The summed E-state index contributed by atoms with van der Waals surface area (Å²) < 4.78 is 5.07. The molecule has 8 nitrogen and oxygen atoms in total. The molecule has 4 N–H and O–H groups in total. The molecule has 138 valence electrons. The average Bonchev–Trinajstić information content (AvgIpc) is 2.62. The number of urea groups is 1. The molecule has 1 heterocycles. The van der Waals surface area contributed by atoms with Crippen LogP contribution in [0, 0.1) is 5.92 Å². The van der Waals surface area contributed by atoms with Gasteiger partial charge in [0.1, 0.15) is 5.75 Å². The maximum Gasteiger partial charge on any atom is 0.335 e. The van der Waals surface area contributed by atoms with Gasteiger partial charge < -0.3 is 15.8 Å². The van der Waals surface area contributed by atoms with Crippen LogP contribution in [0.1, 0.15) is 0 Å². The van der Waals surface area contributed by atoms with E-state index in [0.29, 0.717) is 22.8 Å². The van der Waals surface area contributed by atoms with E-state index in [1.165, 1.54) is 7.11 Å². The van der Waals surface area contributed by atoms with Crippen molar-refractivity contribution in [1.29, 1.82) is 0 Å². The van der Waals surface area contributed by atoms with E-state index in [1.807, 2.05) is 0 Å². The molecule has 2 aromatic carbocycles. The number of amides is 4. The van der Waals surface area contributed by atoms with Crippen molar-refractivity contribution in [3.8, 4) is 5.75 Å². The lowest BCUT2D eigenvalue weighted by molar-refractivity contribution is -0.132. The van der Waals surface area contributed by atoms with Crippen LogP contribution in [0.2, 0.25) is 0 Å². The summed E-state index contributed by atoms with van der Waals surface area (Å²) in [6.45, 7) is 3.79. The number of nitrogens with one attached hydrogen (secondary N) is 2. The number of rotatable bonds is 5. The van der Waals surface area contributed by atoms with Crippen LogP contribution < -0.4 is 26.0 Å². The number of methoxy groups -OCH3 is 1. The van der Waals surface area contributed by atoms with E-state index in [0.717, 1.165) is 4.90 Å². The molecule has 0 aromatic heterocycles. The van der Waals surface area contributed by atoms with Gasteiger partial charge in [-0.15, -0.1) is 0 Å². The van der Waals surface area contributed by atoms with Crippen LogP contribution in [0.25, 0.3) is 0 Å². The number of nitrogens with zero attached hydrogens (tertiary/aromatic N) is 1. The van der Waals surface area contributed by atoms with Gasteiger partial charge in [0, 0.05) is 17.1 Å². The minimum atomic E-state index is -1.27. The summed E-state index contributed by atoms with van der Waals surface area (Å²) in [4.78, 5) is 38.3. The van der Waals surface area contributed by atoms with E-state index >= 15 is 0 Å². The van der Waals surface area contributed by atoms with Crippen molar-refractivity contribution in [3.63, 3.8) is 0 Å². The van der Waals surface area contributed by atoms with E-state index in [4.69, 9.17) is 10.5 Å². The maximum absolute atomic E-state index is 12.9. The van der Waals surface area contributed by atoms with Gasteiger partial charge in [-0.1, -0.05) is 12.6 Å². The normalized spacial score (nSPS) is 16.7. The molecule has 0 radical (unpaired) electrons. The van der Waals surface area contributed by atoms with Crippen molar-refractivity contribution in [3.05, 3.63) is 60.8 Å². The minimum absolute atomic E-state index is 0.133. The van der Waals surface area contributed by atoms with E-state index < -0.39 is 23.8 Å². The van der Waals surface area contributed by atoms with Gasteiger partial charge in [0.2, 0.25) is 5.91 Å². The van der Waals surface area contributed by atoms with Crippen LogP contribution >= 0.6 is 0 Å². The predicted octanol–water partition coefficient (Wildman–Crippen LogP) is 2.10. The number of carbonyl (C=O) groups excluding carboxylic acids is 3. The van der Waals surface area contributed by atoms with Gasteiger partial charge in [-0.05, 0) is 42.5 Å². The first-order valence-corrected chi connectivity index (χ1v) is 8.05. The number of nitrogen functional groups attached to an aromatic ring is 1. The zero-order valence-electron chi connectivity index (χ0n) is 14.6. The second-order valence-corrected chi connectivity index (χ2v) is 5.87. The third kappa shape index (κ3) is 3.59. The SMILES string of the molecule is C=C(Nc1cccc(N)c1)[C@@H]1C(=O)NC(=O)N(c2ccc(OC)cc2)C1=O. The monoisotopic (exact) mass is 366 g/mol. The summed E-state index contributed by atoms with van der Waals surface area (Å²) in [6.07, 6.45) is 0. The van der Waals surface area contributed by atoms with Crippen LogP contribution in [0.3, 0.4) is 0 Å². The highest BCUT2D eigenvalue weighted by atomic mass is 16.5. The Morgan fingerprint density at radius 3 is 2.52 bits per heavy atom. The number of carbonyl (C=O) groups is 3. The first-order valence-electron chi connectivity index (χ1n) is 8.05. The number of imide groups is 2. The Morgan fingerprint density at radius 1 is 1.19 bits per heavy atom. The molecule has 3 rings (SSSR count). The Balaban J connectivity index is 1.86. The predicted molar refractivity (Wildman–Crippen MR) is 101 cm³/mol. The number of anilines is 3. The molecule has 1 saturated heterocycles. The molecule has 1 aliphatic heterocycles. The zero-order valence-corrected chi connectivity index (χ0v) is 14.6. The topological polar surface area (TPSA) is 114 Å². The number of hydrogen-bond donors (Lipinski definition) is 3. The molecule has 0 aliphatic carbocycles. The van der Waals surface area contributed by atoms with Crippen molar-refractivity contribution < 1.29 is 19.1 Å². The van der Waals surface area contributed by atoms with Crippen molar-refractivity contribution in [2.24, 2.45) is 5.92 Å². The summed E-state index contributed by atoms with van der Waals surface area (Å²) in [6, 6.07) is 12.3. The third-order valence-corrected chi connectivity index (χ3v) is 4.03. The van der Waals surface area contributed by atoms with Crippen molar-refractivity contribution in [2.75, 3.05) is 23.1 Å². The summed E-state index contributed by atoms with van der Waals surface area (Å²) >= 11 is 0. The molecule has 1 aliphatic rings. The second kappa shape index (κ2) is 7.20. The lowest BCUT2D eigenvalue weighted by Gasteiger charge is -2.31. The van der Waals surface area contributed by atoms with Crippen molar-refractivity contribution in [2.45, 2.75) is 0 Å². The van der Waals surface area contributed by atoms with Crippen molar-refractivity contribution in [1.82, 2.24) is 5.32 Å². The summed E-state index contributed by atoms with van der Waals surface area (Å²) in [5, 5.41) is 5.09. The zero-order chi connectivity index (χ0) is 19.6. The first-order chi connectivity index (χ1) is 12.9. The third-order valence-electron chi connectivity index (χ3n) is 4.03. The minimum Gasteiger partial charge on any atom is -0.497 e. The summed E-state index contributed by atoms with van der Waals surface area (Å²) in [5.74, 6) is -2.14. The maximum atomic E-state index is 12.9. The quantitative estimate of drug-likeness (QED) is 0.552. The average molecular weight is 366 g/mol. The van der Waals surface area contributed by atoms with Gasteiger partial charge in [-0.2, -0.15) is 0 Å². The van der Waals surface area contributed by atoms with Gasteiger partial charge in [0.25, 0.3) is 5.91 Å². The highest BCUT2D eigenvalue weighted by Gasteiger charge is 2.43. The summed E-state index contributed by atoms with van der Waals surface area (Å²) in [5.41, 5.74) is 7.27. The van der Waals surface area contributed by atoms with E-state index in [2.05, 4.69) is 17.2 Å². The molecular formula is C19H18N4O4. The van der Waals surface area contributed by atoms with Gasteiger partial charge in [-0.3, -0.25) is 14.9 Å². The van der Waals surface area contributed by atoms with E-state index in [9.17, 15) is 14.4 Å². The Bertz CT molecular complexity index is 924. The number of ether oxygens (including phenoxy) is 1. The molecule has 2 aromatic rings. The van der Waals surface area contributed by atoms with Crippen LogP contribution in [0.4, 0.5) is 21.9 Å². The molecule has 1 atom stereocenters. The van der Waals surface area contributed by atoms with E-state index in [-0.39, 0.29) is 5.70 Å². The molecule has 0 unspecified atom stereocenters. The lowest BCUT2D eigenvalue weighted by Crippen LogP contribution is -2.59. The molecule has 4 amide bonds. The fraction of sp³-hybridized carbons (Fsp3) is 0.105. The lowest BCUT2D eigenvalue weighted by atomic mass is 10.0. The fourth-order valence-corrected chi connectivity index (χ4v) is 2.73. The molecular weight excluding hydrogens is 348 g/mol.